The van der Waals surface area contributed by atoms with Crippen LogP contribution in [0.5, 0.6) is 0 Å². The predicted octanol–water partition coefficient (Wildman–Crippen LogP) is 5.47. The summed E-state index contributed by atoms with van der Waals surface area (Å²) >= 11 is 1.71. The van der Waals surface area contributed by atoms with Gasteiger partial charge in [-0.2, -0.15) is 0 Å². The number of amides is 1. The monoisotopic (exact) mass is 450 g/mol. The molecule has 0 spiro atoms. The van der Waals surface area contributed by atoms with Crippen LogP contribution in [0.1, 0.15) is 10.4 Å². The zero-order chi connectivity index (χ0) is 22.2. The zero-order valence-corrected chi connectivity index (χ0v) is 18.8. The minimum Gasteiger partial charge on any atom is -0.345 e. The SMILES string of the molecule is O=C(c1cc(-c2ccccc2)nc2ccccc12)N1CCN(c2nc3ccccc3s2)CC1. The molecule has 6 heteroatoms. The fourth-order valence-electron chi connectivity index (χ4n) is 4.38. The summed E-state index contributed by atoms with van der Waals surface area (Å²) in [7, 11) is 0. The normalized spacial score (nSPS) is 14.2. The summed E-state index contributed by atoms with van der Waals surface area (Å²) in [6.07, 6.45) is 0. The van der Waals surface area contributed by atoms with Gasteiger partial charge in [0.15, 0.2) is 5.13 Å². The van der Waals surface area contributed by atoms with Gasteiger partial charge >= 0.3 is 0 Å². The van der Waals surface area contributed by atoms with Gasteiger partial charge in [-0.3, -0.25) is 4.79 Å². The number of carbonyl (C=O) groups excluding carboxylic acids is 1. The molecule has 0 N–H and O–H groups in total. The second-order valence-electron chi connectivity index (χ2n) is 8.18. The Balaban J connectivity index is 1.28. The molecule has 0 radical (unpaired) electrons. The van der Waals surface area contributed by atoms with E-state index in [1.807, 2.05) is 83.8 Å². The molecule has 2 aromatic heterocycles. The molecule has 0 aliphatic carbocycles. The van der Waals surface area contributed by atoms with Crippen molar-refractivity contribution in [3.05, 3.63) is 90.5 Å². The quantitative estimate of drug-likeness (QED) is 0.366. The first-order chi connectivity index (χ1) is 16.3. The molecule has 0 unspecified atom stereocenters. The fraction of sp³-hybridized carbons (Fsp3) is 0.148. The van der Waals surface area contributed by atoms with Crippen molar-refractivity contribution in [2.45, 2.75) is 0 Å². The molecular weight excluding hydrogens is 428 g/mol. The molecule has 0 bridgehead atoms. The predicted molar refractivity (Wildman–Crippen MR) is 135 cm³/mol. The van der Waals surface area contributed by atoms with Crippen molar-refractivity contribution in [2.24, 2.45) is 0 Å². The highest BCUT2D eigenvalue weighted by atomic mass is 32.1. The zero-order valence-electron chi connectivity index (χ0n) is 18.0. The summed E-state index contributed by atoms with van der Waals surface area (Å²) in [4.78, 5) is 27.5. The van der Waals surface area contributed by atoms with Gasteiger partial charge in [-0.25, -0.2) is 9.97 Å². The van der Waals surface area contributed by atoms with Crippen molar-refractivity contribution in [2.75, 3.05) is 31.1 Å². The number of pyridine rings is 1. The van der Waals surface area contributed by atoms with Crippen LogP contribution in [0.4, 0.5) is 5.13 Å². The number of aromatic nitrogens is 2. The number of piperazine rings is 1. The molecule has 162 valence electrons. The standard InChI is InChI=1S/C27H22N4OS/c32-26(30-14-16-31(17-15-30)27-29-23-12-6-7-13-25(23)33-27)21-18-24(19-8-2-1-3-9-19)28-22-11-5-4-10-20(21)22/h1-13,18H,14-17H2. The third-order valence-corrected chi connectivity index (χ3v) is 7.23. The van der Waals surface area contributed by atoms with Crippen molar-refractivity contribution >= 4 is 43.5 Å². The van der Waals surface area contributed by atoms with Gasteiger partial charge in [-0.05, 0) is 24.3 Å². The van der Waals surface area contributed by atoms with E-state index in [0.29, 0.717) is 18.7 Å². The lowest BCUT2D eigenvalue weighted by Crippen LogP contribution is -2.48. The number of hydrogen-bond acceptors (Lipinski definition) is 5. The van der Waals surface area contributed by atoms with Crippen LogP contribution in [0.25, 0.3) is 32.4 Å². The maximum atomic E-state index is 13.6. The lowest BCUT2D eigenvalue weighted by Gasteiger charge is -2.34. The van der Waals surface area contributed by atoms with E-state index in [0.717, 1.165) is 45.9 Å². The molecule has 6 rings (SSSR count). The van der Waals surface area contributed by atoms with Crippen LogP contribution in [0, 0.1) is 0 Å². The number of carbonyl (C=O) groups is 1. The molecule has 3 heterocycles. The maximum Gasteiger partial charge on any atom is 0.254 e. The number of rotatable bonds is 3. The summed E-state index contributed by atoms with van der Waals surface area (Å²) < 4.78 is 1.20. The van der Waals surface area contributed by atoms with Crippen molar-refractivity contribution in [1.29, 1.82) is 0 Å². The lowest BCUT2D eigenvalue weighted by atomic mass is 10.0. The van der Waals surface area contributed by atoms with E-state index in [1.165, 1.54) is 4.70 Å². The van der Waals surface area contributed by atoms with Gasteiger partial charge in [0.1, 0.15) is 0 Å². The Morgan fingerprint density at radius 2 is 1.45 bits per heavy atom. The molecular formula is C27H22N4OS. The number of nitrogens with zero attached hydrogens (tertiary/aromatic N) is 4. The Labute approximate surface area is 195 Å². The third kappa shape index (κ3) is 3.72. The fourth-order valence-corrected chi connectivity index (χ4v) is 5.39. The molecule has 1 amide bonds. The van der Waals surface area contributed by atoms with Crippen molar-refractivity contribution in [3.63, 3.8) is 0 Å². The number of anilines is 1. The van der Waals surface area contributed by atoms with Crippen LogP contribution in [0.3, 0.4) is 0 Å². The molecule has 1 aliphatic heterocycles. The van der Waals surface area contributed by atoms with Crippen LogP contribution in [0.15, 0.2) is 84.9 Å². The van der Waals surface area contributed by atoms with E-state index in [1.54, 1.807) is 11.3 Å². The molecule has 33 heavy (non-hydrogen) atoms. The second-order valence-corrected chi connectivity index (χ2v) is 9.19. The van der Waals surface area contributed by atoms with E-state index in [9.17, 15) is 4.79 Å². The topological polar surface area (TPSA) is 49.3 Å². The van der Waals surface area contributed by atoms with Gasteiger partial charge in [-0.1, -0.05) is 72.0 Å². The molecule has 1 fully saturated rings. The van der Waals surface area contributed by atoms with E-state index in [-0.39, 0.29) is 5.91 Å². The lowest BCUT2D eigenvalue weighted by molar-refractivity contribution is 0.0748. The Morgan fingerprint density at radius 1 is 0.758 bits per heavy atom. The second kappa shape index (κ2) is 8.30. The van der Waals surface area contributed by atoms with E-state index in [4.69, 9.17) is 9.97 Å². The molecule has 5 aromatic rings. The number of benzene rings is 3. The molecule has 1 aliphatic rings. The van der Waals surface area contributed by atoms with Gasteiger partial charge in [-0.15, -0.1) is 0 Å². The number of para-hydroxylation sites is 2. The Morgan fingerprint density at radius 3 is 2.24 bits per heavy atom. The summed E-state index contributed by atoms with van der Waals surface area (Å²) in [6.45, 7) is 2.90. The first kappa shape index (κ1) is 19.9. The van der Waals surface area contributed by atoms with Crippen molar-refractivity contribution in [3.8, 4) is 11.3 Å². The molecule has 0 atom stereocenters. The van der Waals surface area contributed by atoms with Crippen molar-refractivity contribution in [1.82, 2.24) is 14.9 Å². The first-order valence-electron chi connectivity index (χ1n) is 11.1. The average molecular weight is 451 g/mol. The van der Waals surface area contributed by atoms with Gasteiger partial charge in [0.25, 0.3) is 5.91 Å². The number of hydrogen-bond donors (Lipinski definition) is 0. The maximum absolute atomic E-state index is 13.6. The smallest absolute Gasteiger partial charge is 0.254 e. The van der Waals surface area contributed by atoms with Gasteiger partial charge < -0.3 is 9.80 Å². The first-order valence-corrected chi connectivity index (χ1v) is 11.9. The highest BCUT2D eigenvalue weighted by molar-refractivity contribution is 7.22. The minimum absolute atomic E-state index is 0.0646. The highest BCUT2D eigenvalue weighted by Gasteiger charge is 2.25. The Hall–Kier alpha value is -3.77. The number of thiazole rings is 1. The van der Waals surface area contributed by atoms with Crippen LogP contribution >= 0.6 is 11.3 Å². The van der Waals surface area contributed by atoms with E-state index < -0.39 is 0 Å². The third-order valence-electron chi connectivity index (χ3n) is 6.14. The Bertz CT molecular complexity index is 1420. The molecule has 0 saturated carbocycles. The minimum atomic E-state index is 0.0646. The summed E-state index contributed by atoms with van der Waals surface area (Å²) in [5.41, 5.74) is 4.43. The van der Waals surface area contributed by atoms with Crippen molar-refractivity contribution < 1.29 is 4.79 Å². The van der Waals surface area contributed by atoms with E-state index in [2.05, 4.69) is 11.0 Å². The van der Waals surface area contributed by atoms with Crippen LogP contribution in [-0.4, -0.2) is 47.0 Å². The largest absolute Gasteiger partial charge is 0.345 e. The van der Waals surface area contributed by atoms with Crippen LogP contribution in [-0.2, 0) is 0 Å². The van der Waals surface area contributed by atoms with Crippen LogP contribution < -0.4 is 4.90 Å². The summed E-state index contributed by atoms with van der Waals surface area (Å²) in [5, 5.41) is 1.93. The number of fused-ring (bicyclic) bond motifs is 2. The average Bonchev–Trinajstić information content (AvgIpc) is 3.33. The molecule has 1 saturated heterocycles. The summed E-state index contributed by atoms with van der Waals surface area (Å²) in [6, 6.07) is 28.1. The molecule has 5 nitrogen and oxygen atoms in total. The summed E-state index contributed by atoms with van der Waals surface area (Å²) in [5.74, 6) is 0.0646. The van der Waals surface area contributed by atoms with Crippen LogP contribution in [0.2, 0.25) is 0 Å². The van der Waals surface area contributed by atoms with Gasteiger partial charge in [0.05, 0.1) is 27.0 Å². The van der Waals surface area contributed by atoms with Gasteiger partial charge in [0, 0.05) is 37.1 Å². The van der Waals surface area contributed by atoms with Gasteiger partial charge in [0.2, 0.25) is 0 Å². The molecule has 3 aromatic carbocycles. The Kier molecular flexibility index (Phi) is 5.00. The highest BCUT2D eigenvalue weighted by Crippen LogP contribution is 2.30. The van der Waals surface area contributed by atoms with E-state index >= 15 is 0 Å².